The van der Waals surface area contributed by atoms with Crippen LogP contribution in [-0.4, -0.2) is 5.97 Å². The molecule has 2 nitrogen and oxygen atoms in total. The van der Waals surface area contributed by atoms with Crippen molar-refractivity contribution in [2.24, 2.45) is 0 Å². The SMILES string of the molecule is C=CC(=O)OC#Cc1cc2sc3cc(Br)sc3c2s1. The molecule has 3 heterocycles. The van der Waals surface area contributed by atoms with Crippen molar-refractivity contribution in [3.05, 3.63) is 33.5 Å². The van der Waals surface area contributed by atoms with E-state index in [0.717, 1.165) is 14.7 Å². The van der Waals surface area contributed by atoms with Gasteiger partial charge in [0, 0.05) is 15.5 Å². The fourth-order valence-corrected chi connectivity index (χ4v) is 6.00. The van der Waals surface area contributed by atoms with E-state index in [0.29, 0.717) is 0 Å². The van der Waals surface area contributed by atoms with Crippen LogP contribution in [0.1, 0.15) is 4.88 Å². The second-order valence-electron chi connectivity index (χ2n) is 3.50. The molecule has 0 aliphatic rings. The second-order valence-corrected chi connectivity index (χ2v) is 8.07. The molecular weight excluding hydrogens is 364 g/mol. The maximum atomic E-state index is 10.9. The van der Waals surface area contributed by atoms with Crippen LogP contribution >= 0.6 is 49.9 Å². The zero-order valence-corrected chi connectivity index (χ0v) is 13.4. The average molecular weight is 369 g/mol. The van der Waals surface area contributed by atoms with Gasteiger partial charge in [0.05, 0.1) is 18.1 Å². The van der Waals surface area contributed by atoms with Crippen molar-refractivity contribution in [3.8, 4) is 12.0 Å². The van der Waals surface area contributed by atoms with Gasteiger partial charge in [0.15, 0.2) is 0 Å². The molecule has 0 unspecified atom stereocenters. The number of carbonyl (C=O) groups excluding carboxylic acids is 1. The number of ether oxygens (including phenoxy) is 1. The Kier molecular flexibility index (Phi) is 3.46. The Bertz CT molecular complexity index is 857. The van der Waals surface area contributed by atoms with Crippen molar-refractivity contribution >= 4 is 74.7 Å². The van der Waals surface area contributed by atoms with Crippen LogP contribution in [0.5, 0.6) is 0 Å². The van der Waals surface area contributed by atoms with Gasteiger partial charge in [-0.2, -0.15) is 0 Å². The quantitative estimate of drug-likeness (QED) is 0.344. The Balaban J connectivity index is 1.97. The molecule has 0 spiro atoms. The van der Waals surface area contributed by atoms with E-state index in [2.05, 4.69) is 45.3 Å². The zero-order valence-electron chi connectivity index (χ0n) is 9.36. The third-order valence-electron chi connectivity index (χ3n) is 2.28. The third kappa shape index (κ3) is 2.47. The molecule has 0 aliphatic heterocycles. The maximum Gasteiger partial charge on any atom is 0.344 e. The summed E-state index contributed by atoms with van der Waals surface area (Å²) in [6.07, 6.45) is 3.49. The number of hydrogen-bond acceptors (Lipinski definition) is 5. The standard InChI is InChI=1S/C13H5BrO2S3/c1-2-11(15)16-4-3-7-5-8-12(17-7)13-9(18-8)6-10(14)19-13/h2,5-6H,1H2. The topological polar surface area (TPSA) is 26.3 Å². The maximum absolute atomic E-state index is 10.9. The summed E-state index contributed by atoms with van der Waals surface area (Å²) in [5, 5.41) is 0. The molecule has 0 amide bonds. The van der Waals surface area contributed by atoms with Crippen LogP contribution in [0.15, 0.2) is 28.6 Å². The number of hydrogen-bond donors (Lipinski definition) is 0. The van der Waals surface area contributed by atoms with Crippen LogP contribution in [0.2, 0.25) is 0 Å². The first-order valence-electron chi connectivity index (χ1n) is 5.13. The van der Waals surface area contributed by atoms with E-state index in [1.165, 1.54) is 18.8 Å². The monoisotopic (exact) mass is 368 g/mol. The van der Waals surface area contributed by atoms with Crippen molar-refractivity contribution in [2.45, 2.75) is 0 Å². The predicted molar refractivity (Wildman–Crippen MR) is 86.0 cm³/mol. The van der Waals surface area contributed by atoms with E-state index in [4.69, 9.17) is 0 Å². The van der Waals surface area contributed by atoms with Crippen LogP contribution in [0.25, 0.3) is 18.8 Å². The number of fused-ring (bicyclic) bond motifs is 3. The van der Waals surface area contributed by atoms with Gasteiger partial charge in [-0.05, 0) is 34.0 Å². The molecule has 0 radical (unpaired) electrons. The summed E-state index contributed by atoms with van der Waals surface area (Å²) < 4.78 is 10.8. The van der Waals surface area contributed by atoms with Crippen LogP contribution in [-0.2, 0) is 9.53 Å². The van der Waals surface area contributed by atoms with Crippen molar-refractivity contribution in [1.29, 1.82) is 0 Å². The van der Waals surface area contributed by atoms with Crippen LogP contribution in [0, 0.1) is 12.0 Å². The van der Waals surface area contributed by atoms with Crippen molar-refractivity contribution < 1.29 is 9.53 Å². The third-order valence-corrected chi connectivity index (χ3v) is 6.48. The van der Waals surface area contributed by atoms with E-state index < -0.39 is 5.97 Å². The molecule has 0 bridgehead atoms. The molecule has 0 saturated heterocycles. The van der Waals surface area contributed by atoms with E-state index in [9.17, 15) is 4.79 Å². The molecule has 0 aromatic carbocycles. The molecular formula is C13H5BrO2S3. The van der Waals surface area contributed by atoms with E-state index in [1.807, 2.05) is 6.07 Å². The van der Waals surface area contributed by atoms with Crippen molar-refractivity contribution in [2.75, 3.05) is 0 Å². The summed E-state index contributed by atoms with van der Waals surface area (Å²) in [4.78, 5) is 11.8. The zero-order chi connectivity index (χ0) is 13.4. The Hall–Kier alpha value is -1.13. The van der Waals surface area contributed by atoms with Crippen molar-refractivity contribution in [1.82, 2.24) is 0 Å². The largest absolute Gasteiger partial charge is 0.369 e. The van der Waals surface area contributed by atoms with Crippen LogP contribution < -0.4 is 0 Å². The Morgan fingerprint density at radius 3 is 2.79 bits per heavy atom. The number of thiophene rings is 3. The molecule has 3 aromatic rings. The minimum Gasteiger partial charge on any atom is -0.369 e. The normalized spacial score (nSPS) is 10.4. The fourth-order valence-electron chi connectivity index (χ4n) is 1.54. The summed E-state index contributed by atoms with van der Waals surface area (Å²) in [7, 11) is 0. The molecule has 0 fully saturated rings. The van der Waals surface area contributed by atoms with Gasteiger partial charge in [-0.15, -0.1) is 34.0 Å². The van der Waals surface area contributed by atoms with E-state index in [1.54, 1.807) is 34.0 Å². The van der Waals surface area contributed by atoms with Crippen molar-refractivity contribution in [3.63, 3.8) is 0 Å². The average Bonchev–Trinajstić information content (AvgIpc) is 2.99. The van der Waals surface area contributed by atoms with Gasteiger partial charge < -0.3 is 4.74 Å². The van der Waals surface area contributed by atoms with Gasteiger partial charge in [0.25, 0.3) is 0 Å². The van der Waals surface area contributed by atoms with Gasteiger partial charge in [-0.25, -0.2) is 4.79 Å². The highest BCUT2D eigenvalue weighted by Gasteiger charge is 2.11. The van der Waals surface area contributed by atoms with Gasteiger partial charge >= 0.3 is 5.97 Å². The first kappa shape index (κ1) is 12.9. The molecule has 6 heteroatoms. The lowest BCUT2D eigenvalue weighted by molar-refractivity contribution is -0.131. The summed E-state index contributed by atoms with van der Waals surface area (Å²) in [5.74, 6) is 2.30. The molecule has 19 heavy (non-hydrogen) atoms. The van der Waals surface area contributed by atoms with E-state index in [-0.39, 0.29) is 0 Å². The lowest BCUT2D eigenvalue weighted by Crippen LogP contribution is -1.92. The minimum absolute atomic E-state index is 0.532. The molecule has 94 valence electrons. The lowest BCUT2D eigenvalue weighted by Gasteiger charge is -1.83. The first-order valence-corrected chi connectivity index (χ1v) is 8.37. The van der Waals surface area contributed by atoms with Gasteiger partial charge in [0.1, 0.15) is 6.11 Å². The molecule has 0 N–H and O–H groups in total. The summed E-state index contributed by atoms with van der Waals surface area (Å²) >= 11 is 8.58. The minimum atomic E-state index is -0.532. The number of rotatable bonds is 1. The Morgan fingerprint density at radius 2 is 2.00 bits per heavy atom. The number of halogens is 1. The molecule has 0 saturated carbocycles. The lowest BCUT2D eigenvalue weighted by atomic mass is 10.4. The number of carbonyl (C=O) groups is 1. The highest BCUT2D eigenvalue weighted by Crippen LogP contribution is 2.44. The highest BCUT2D eigenvalue weighted by molar-refractivity contribution is 9.11. The molecule has 0 aliphatic carbocycles. The Labute approximate surface area is 129 Å². The molecule has 0 atom stereocenters. The Morgan fingerprint density at radius 1 is 1.26 bits per heavy atom. The second kappa shape index (κ2) is 5.10. The smallest absolute Gasteiger partial charge is 0.344 e. The summed E-state index contributed by atoms with van der Waals surface area (Å²) in [6, 6.07) is 4.16. The molecule has 3 aromatic heterocycles. The van der Waals surface area contributed by atoms with Gasteiger partial charge in [-0.3, -0.25) is 0 Å². The molecule has 3 rings (SSSR count). The summed E-state index contributed by atoms with van der Waals surface area (Å²) in [6.45, 7) is 3.31. The highest BCUT2D eigenvalue weighted by atomic mass is 79.9. The van der Waals surface area contributed by atoms with Gasteiger partial charge in [0.2, 0.25) is 0 Å². The van der Waals surface area contributed by atoms with Crippen LogP contribution in [0.3, 0.4) is 0 Å². The van der Waals surface area contributed by atoms with Crippen LogP contribution in [0.4, 0.5) is 0 Å². The first-order chi connectivity index (χ1) is 9.17. The van der Waals surface area contributed by atoms with E-state index >= 15 is 0 Å². The predicted octanol–water partition coefficient (Wildman–Crippen LogP) is 4.98. The number of esters is 1. The van der Waals surface area contributed by atoms with Gasteiger partial charge in [-0.1, -0.05) is 6.58 Å². The fraction of sp³-hybridized carbons (Fsp3) is 0. The summed E-state index contributed by atoms with van der Waals surface area (Å²) in [5.41, 5.74) is 0.